The van der Waals surface area contributed by atoms with Crippen molar-refractivity contribution in [3.05, 3.63) is 35.9 Å². The Balaban J connectivity index is 2.60. The summed E-state index contributed by atoms with van der Waals surface area (Å²) in [4.78, 5) is 14.4. The first-order chi connectivity index (χ1) is 7.59. The molecule has 82 valence electrons. The molecule has 0 unspecified atom stereocenters. The third-order valence-corrected chi connectivity index (χ3v) is 2.27. The fourth-order valence-electron chi connectivity index (χ4n) is 1.49. The molecule has 1 N–H and O–H groups in total. The number of hydrogen-bond acceptors (Lipinski definition) is 2. The first kappa shape index (κ1) is 10.4. The largest absolute Gasteiger partial charge is 0.478 e. The number of aryl methyl sites for hydroxylation is 1. The van der Waals surface area contributed by atoms with Crippen molar-refractivity contribution < 1.29 is 14.3 Å². The van der Waals surface area contributed by atoms with Crippen LogP contribution in [0.4, 0.5) is 4.39 Å². The maximum Gasteiger partial charge on any atom is 0.328 e. The molecule has 0 saturated carbocycles. The maximum atomic E-state index is 13.4. The van der Waals surface area contributed by atoms with Crippen molar-refractivity contribution >= 4 is 23.1 Å². The number of carboxylic acid groups (broad SMARTS) is 1. The highest BCUT2D eigenvalue weighted by Crippen LogP contribution is 2.18. The molecule has 0 radical (unpaired) electrons. The van der Waals surface area contributed by atoms with Gasteiger partial charge in [-0.25, -0.2) is 14.2 Å². The fourth-order valence-corrected chi connectivity index (χ4v) is 1.49. The lowest BCUT2D eigenvalue weighted by molar-refractivity contribution is -0.131. The third kappa shape index (κ3) is 1.67. The summed E-state index contributed by atoms with van der Waals surface area (Å²) >= 11 is 0. The summed E-state index contributed by atoms with van der Waals surface area (Å²) in [6.07, 6.45) is 2.31. The highest BCUT2D eigenvalue weighted by atomic mass is 19.1. The summed E-state index contributed by atoms with van der Waals surface area (Å²) in [5, 5.41) is 8.50. The molecule has 0 spiro atoms. The van der Waals surface area contributed by atoms with Gasteiger partial charge in [-0.15, -0.1) is 0 Å². The summed E-state index contributed by atoms with van der Waals surface area (Å²) in [6.45, 7) is 0. The van der Waals surface area contributed by atoms with Crippen molar-refractivity contribution in [3.63, 3.8) is 0 Å². The van der Waals surface area contributed by atoms with Crippen molar-refractivity contribution in [3.8, 4) is 0 Å². The minimum Gasteiger partial charge on any atom is -0.478 e. The van der Waals surface area contributed by atoms with Crippen LogP contribution in [0.1, 0.15) is 5.82 Å². The Hall–Kier alpha value is -2.17. The molecule has 16 heavy (non-hydrogen) atoms. The Morgan fingerprint density at radius 1 is 1.56 bits per heavy atom. The van der Waals surface area contributed by atoms with E-state index in [2.05, 4.69) is 4.98 Å². The van der Waals surface area contributed by atoms with Gasteiger partial charge in [-0.2, -0.15) is 0 Å². The van der Waals surface area contributed by atoms with E-state index in [0.717, 1.165) is 6.08 Å². The quantitative estimate of drug-likeness (QED) is 0.785. The molecule has 0 aliphatic rings. The van der Waals surface area contributed by atoms with Crippen LogP contribution in [-0.4, -0.2) is 20.6 Å². The summed E-state index contributed by atoms with van der Waals surface area (Å²) in [5.74, 6) is -1.07. The molecule has 0 aliphatic carbocycles. The van der Waals surface area contributed by atoms with Crippen LogP contribution >= 0.6 is 0 Å². The van der Waals surface area contributed by atoms with Gasteiger partial charge in [-0.1, -0.05) is 6.07 Å². The number of hydrogen-bond donors (Lipinski definition) is 1. The normalized spacial score (nSPS) is 11.4. The standard InChI is InChI=1S/C11H9FN2O2/c1-14-8-4-2-3-7(12)11(8)13-9(14)5-6-10(15)16/h2-6H,1H3,(H,15,16)/b6-5+. The molecule has 0 aliphatic heterocycles. The van der Waals surface area contributed by atoms with Crippen LogP contribution in [0.5, 0.6) is 0 Å². The Morgan fingerprint density at radius 3 is 2.94 bits per heavy atom. The van der Waals surface area contributed by atoms with E-state index in [4.69, 9.17) is 5.11 Å². The minimum absolute atomic E-state index is 0.245. The number of fused-ring (bicyclic) bond motifs is 1. The molecule has 2 rings (SSSR count). The molecule has 2 aromatic rings. The third-order valence-electron chi connectivity index (χ3n) is 2.27. The highest BCUT2D eigenvalue weighted by molar-refractivity contribution is 5.86. The van der Waals surface area contributed by atoms with Crippen molar-refractivity contribution in [1.82, 2.24) is 9.55 Å². The lowest BCUT2D eigenvalue weighted by Crippen LogP contribution is -1.92. The van der Waals surface area contributed by atoms with Gasteiger partial charge in [0.2, 0.25) is 0 Å². The summed E-state index contributed by atoms with van der Waals surface area (Å²) in [7, 11) is 1.70. The van der Waals surface area contributed by atoms with Gasteiger partial charge < -0.3 is 9.67 Å². The highest BCUT2D eigenvalue weighted by Gasteiger charge is 2.08. The van der Waals surface area contributed by atoms with Crippen LogP contribution in [0.3, 0.4) is 0 Å². The predicted molar refractivity (Wildman–Crippen MR) is 57.3 cm³/mol. The second kappa shape index (κ2) is 3.77. The number of nitrogens with zero attached hydrogens (tertiary/aromatic N) is 2. The SMILES string of the molecule is Cn1c(/C=C/C(=O)O)nc2c(F)cccc21. The summed E-state index contributed by atoms with van der Waals surface area (Å²) in [6, 6.07) is 4.63. The molecule has 4 nitrogen and oxygen atoms in total. The van der Waals surface area contributed by atoms with E-state index in [1.165, 1.54) is 12.1 Å². The van der Waals surface area contributed by atoms with E-state index in [0.29, 0.717) is 11.3 Å². The smallest absolute Gasteiger partial charge is 0.328 e. The van der Waals surface area contributed by atoms with Gasteiger partial charge in [-0.3, -0.25) is 0 Å². The van der Waals surface area contributed by atoms with Gasteiger partial charge in [0.15, 0.2) is 5.82 Å². The number of carboxylic acids is 1. The molecular formula is C11H9FN2O2. The molecule has 0 atom stereocenters. The zero-order chi connectivity index (χ0) is 11.7. The van der Waals surface area contributed by atoms with E-state index < -0.39 is 11.8 Å². The van der Waals surface area contributed by atoms with Gasteiger partial charge in [0.1, 0.15) is 11.3 Å². The summed E-state index contributed by atoms with van der Waals surface area (Å²) < 4.78 is 15.0. The molecule has 0 amide bonds. The number of aliphatic carboxylic acids is 1. The van der Waals surface area contributed by atoms with Crippen LogP contribution in [0.2, 0.25) is 0 Å². The Kier molecular flexibility index (Phi) is 2.44. The number of para-hydroxylation sites is 1. The van der Waals surface area contributed by atoms with Crippen LogP contribution in [0, 0.1) is 5.82 Å². The maximum absolute atomic E-state index is 13.4. The number of aromatic nitrogens is 2. The van der Waals surface area contributed by atoms with Crippen LogP contribution in [0.25, 0.3) is 17.1 Å². The predicted octanol–water partition coefficient (Wildman–Crippen LogP) is 1.81. The first-order valence-electron chi connectivity index (χ1n) is 4.61. The van der Waals surface area contributed by atoms with Gasteiger partial charge >= 0.3 is 5.97 Å². The van der Waals surface area contributed by atoms with E-state index >= 15 is 0 Å². The number of carbonyl (C=O) groups is 1. The zero-order valence-electron chi connectivity index (χ0n) is 8.51. The van der Waals surface area contributed by atoms with E-state index in [-0.39, 0.29) is 5.52 Å². The van der Waals surface area contributed by atoms with E-state index in [1.807, 2.05) is 0 Å². The van der Waals surface area contributed by atoms with Crippen molar-refractivity contribution in [1.29, 1.82) is 0 Å². The first-order valence-corrected chi connectivity index (χ1v) is 4.61. The van der Waals surface area contributed by atoms with Crippen molar-refractivity contribution in [2.24, 2.45) is 7.05 Å². The van der Waals surface area contributed by atoms with Crippen LogP contribution in [0.15, 0.2) is 24.3 Å². The molecule has 0 fully saturated rings. The molecular weight excluding hydrogens is 211 g/mol. The second-order valence-electron chi connectivity index (χ2n) is 3.31. The monoisotopic (exact) mass is 220 g/mol. The number of benzene rings is 1. The van der Waals surface area contributed by atoms with Crippen molar-refractivity contribution in [2.75, 3.05) is 0 Å². The Labute approximate surface area is 90.6 Å². The molecule has 0 bridgehead atoms. The van der Waals surface area contributed by atoms with Gasteiger partial charge in [0.25, 0.3) is 0 Å². The zero-order valence-corrected chi connectivity index (χ0v) is 8.51. The van der Waals surface area contributed by atoms with Gasteiger partial charge in [0.05, 0.1) is 5.52 Å². The van der Waals surface area contributed by atoms with Crippen LogP contribution in [-0.2, 0) is 11.8 Å². The van der Waals surface area contributed by atoms with Crippen molar-refractivity contribution in [2.45, 2.75) is 0 Å². The van der Waals surface area contributed by atoms with Crippen LogP contribution < -0.4 is 0 Å². The minimum atomic E-state index is -1.06. The lowest BCUT2D eigenvalue weighted by Gasteiger charge is -1.95. The molecule has 5 heteroatoms. The van der Waals surface area contributed by atoms with E-state index in [9.17, 15) is 9.18 Å². The van der Waals surface area contributed by atoms with Gasteiger partial charge in [0, 0.05) is 13.1 Å². The number of halogens is 1. The number of rotatable bonds is 2. The average Bonchev–Trinajstić information content (AvgIpc) is 2.55. The van der Waals surface area contributed by atoms with Gasteiger partial charge in [-0.05, 0) is 18.2 Å². The molecule has 0 saturated heterocycles. The average molecular weight is 220 g/mol. The Morgan fingerprint density at radius 2 is 2.31 bits per heavy atom. The topological polar surface area (TPSA) is 55.1 Å². The Bertz CT molecular complexity index is 587. The van der Waals surface area contributed by atoms with E-state index in [1.54, 1.807) is 23.7 Å². The molecule has 1 heterocycles. The molecule has 1 aromatic heterocycles. The summed E-state index contributed by atoms with van der Waals surface area (Å²) in [5.41, 5.74) is 0.875. The lowest BCUT2D eigenvalue weighted by atomic mass is 10.3. The number of imidazole rings is 1. The fraction of sp³-hybridized carbons (Fsp3) is 0.0909. The molecule has 1 aromatic carbocycles. The second-order valence-corrected chi connectivity index (χ2v) is 3.31.